The van der Waals surface area contributed by atoms with Crippen LogP contribution >= 0.6 is 0 Å². The zero-order chi connectivity index (χ0) is 49.5. The highest BCUT2D eigenvalue weighted by Gasteiger charge is 2.52. The van der Waals surface area contributed by atoms with Gasteiger partial charge in [0.2, 0.25) is 0 Å². The molecule has 390 valence electrons. The summed E-state index contributed by atoms with van der Waals surface area (Å²) in [6.07, 6.45) is 29.9. The van der Waals surface area contributed by atoms with E-state index in [1.165, 1.54) is 169 Å². The Balaban J connectivity index is 1.59. The molecule has 2 rings (SSSR count). The maximum atomic E-state index is 13.1. The average Bonchev–Trinajstić information content (AvgIpc) is 3.30. The quantitative estimate of drug-likeness (QED) is 0.0349. The predicted octanol–water partition coefficient (Wildman–Crippen LogP) is 13.1. The Kier molecular flexibility index (Phi) is 35.6. The molecule has 0 aromatic heterocycles. The topological polar surface area (TPSA) is 153 Å². The molecule has 5 atom stereocenters. The summed E-state index contributed by atoms with van der Waals surface area (Å²) >= 11 is 0. The van der Waals surface area contributed by atoms with E-state index in [-0.39, 0.29) is 12.7 Å². The molecule has 1 fully saturated rings. The Morgan fingerprint density at radius 1 is 0.471 bits per heavy atom. The van der Waals surface area contributed by atoms with Crippen LogP contribution in [0, 0.1) is 0 Å². The average molecular weight is 960 g/mol. The second-order valence-corrected chi connectivity index (χ2v) is 18.9. The molecule has 1 aromatic carbocycles. The van der Waals surface area contributed by atoms with Crippen molar-refractivity contribution in [2.24, 2.45) is 0 Å². The Morgan fingerprint density at radius 3 is 1.29 bits per heavy atom. The van der Waals surface area contributed by atoms with E-state index < -0.39 is 54.6 Å². The van der Waals surface area contributed by atoms with Crippen LogP contribution < -0.4 is 0 Å². The zero-order valence-corrected chi connectivity index (χ0v) is 43.2. The van der Waals surface area contributed by atoms with Crippen molar-refractivity contribution in [3.05, 3.63) is 35.9 Å². The molecule has 0 spiro atoms. The van der Waals surface area contributed by atoms with Gasteiger partial charge >= 0.3 is 30.0 Å². The van der Waals surface area contributed by atoms with Gasteiger partial charge < -0.3 is 38.1 Å². The van der Waals surface area contributed by atoms with Gasteiger partial charge in [-0.3, -0.25) is 19.2 Å². The summed E-state index contributed by atoms with van der Waals surface area (Å²) in [5.74, 6) is -2.58. The van der Waals surface area contributed by atoms with Gasteiger partial charge in [-0.1, -0.05) is 204 Å². The second kappa shape index (κ2) is 40.1. The smallest absolute Gasteiger partial charge is 0.410 e. The minimum Gasteiger partial charge on any atom is -0.463 e. The molecule has 1 aromatic rings. The van der Waals surface area contributed by atoms with Gasteiger partial charge in [-0.05, 0) is 24.8 Å². The van der Waals surface area contributed by atoms with Gasteiger partial charge in [0, 0.05) is 47.4 Å². The monoisotopic (exact) mass is 960 g/mol. The van der Waals surface area contributed by atoms with Crippen LogP contribution in [0.4, 0.5) is 4.79 Å². The number of esters is 4. The van der Waals surface area contributed by atoms with Gasteiger partial charge in [0.1, 0.15) is 19.3 Å². The number of hydrogen-bond acceptors (Lipinski definition) is 12. The molecule has 1 amide bonds. The van der Waals surface area contributed by atoms with Crippen molar-refractivity contribution in [1.82, 2.24) is 4.90 Å². The molecule has 1 saturated heterocycles. The molecule has 0 aliphatic carbocycles. The van der Waals surface area contributed by atoms with Crippen molar-refractivity contribution in [3.8, 4) is 0 Å². The number of carbonyl (C=O) groups excluding carboxylic acids is 5. The normalized spacial score (nSPS) is 17.9. The SMILES string of the molecule is CCCCCCCCCCCCCCCCCCN(CCCCCCCCCCCCCCCO[C@@H]1O[C@H](COC(C)=O)[C@@H](OC(C)=O)[C@H](OC(C)=O)[C@@H]1OC(C)=O)C(=O)OCc1ccccc1. The Hall–Kier alpha value is -3.71. The van der Waals surface area contributed by atoms with Crippen LogP contribution in [0.15, 0.2) is 30.3 Å². The molecule has 68 heavy (non-hydrogen) atoms. The first-order valence-corrected chi connectivity index (χ1v) is 26.9. The molecular weight excluding hydrogens is 867 g/mol. The first-order chi connectivity index (χ1) is 33.0. The molecule has 1 aliphatic rings. The minimum atomic E-state index is -1.23. The summed E-state index contributed by atoms with van der Waals surface area (Å²) in [7, 11) is 0. The maximum absolute atomic E-state index is 13.1. The second-order valence-electron chi connectivity index (χ2n) is 18.9. The van der Waals surface area contributed by atoms with Crippen molar-refractivity contribution in [2.45, 2.75) is 258 Å². The van der Waals surface area contributed by atoms with E-state index >= 15 is 0 Å². The summed E-state index contributed by atoms with van der Waals surface area (Å²) in [5, 5.41) is 0. The van der Waals surface area contributed by atoms with Crippen LogP contribution in [-0.2, 0) is 58.9 Å². The number of carbonyl (C=O) groups is 5. The molecule has 13 heteroatoms. The van der Waals surface area contributed by atoms with Gasteiger partial charge in [-0.15, -0.1) is 0 Å². The number of hydrogen-bond donors (Lipinski definition) is 0. The first kappa shape index (κ1) is 60.4. The number of rotatable bonds is 41. The number of amides is 1. The Bertz CT molecular complexity index is 1460. The van der Waals surface area contributed by atoms with E-state index in [9.17, 15) is 24.0 Å². The van der Waals surface area contributed by atoms with E-state index in [0.717, 1.165) is 63.6 Å². The van der Waals surface area contributed by atoms with Gasteiger partial charge in [0.25, 0.3) is 0 Å². The van der Waals surface area contributed by atoms with Crippen LogP contribution in [0.1, 0.15) is 226 Å². The maximum Gasteiger partial charge on any atom is 0.410 e. The summed E-state index contributed by atoms with van der Waals surface area (Å²) in [5.41, 5.74) is 1.01. The summed E-state index contributed by atoms with van der Waals surface area (Å²) in [6, 6.07) is 9.92. The standard InChI is InChI=1S/C55H93NO12/c1-6-7-8-9-10-11-12-13-14-15-17-20-23-26-29-35-40-56(55(61)64-43-49-38-33-32-34-39-49)41-36-30-27-24-21-18-16-19-22-25-28-31-37-42-62-54-53(67-48(5)60)52(66-47(4)59)51(65-46(3)58)50(68-54)44-63-45(2)57/h32-34,38-39,50-54H,6-31,35-37,40-44H2,1-5H3/t50-,51-,52+,53+,54-/m1/s1. The van der Waals surface area contributed by atoms with Crippen LogP contribution in [0.2, 0.25) is 0 Å². The summed E-state index contributed by atoms with van der Waals surface area (Å²) in [4.78, 5) is 62.7. The van der Waals surface area contributed by atoms with Crippen molar-refractivity contribution in [1.29, 1.82) is 0 Å². The third kappa shape index (κ3) is 30.7. The van der Waals surface area contributed by atoms with E-state index in [1.54, 1.807) is 0 Å². The van der Waals surface area contributed by atoms with E-state index in [2.05, 4.69) is 6.92 Å². The molecule has 1 aliphatic heterocycles. The van der Waals surface area contributed by atoms with Crippen molar-refractivity contribution in [3.63, 3.8) is 0 Å². The Morgan fingerprint density at radius 2 is 0.868 bits per heavy atom. The van der Waals surface area contributed by atoms with Gasteiger partial charge in [-0.25, -0.2) is 4.79 Å². The highest BCUT2D eigenvalue weighted by Crippen LogP contribution is 2.30. The van der Waals surface area contributed by atoms with E-state index in [4.69, 9.17) is 33.2 Å². The fourth-order valence-corrected chi connectivity index (χ4v) is 8.83. The van der Waals surface area contributed by atoms with Crippen LogP contribution in [-0.4, -0.2) is 91.9 Å². The van der Waals surface area contributed by atoms with Crippen molar-refractivity contribution >= 4 is 30.0 Å². The lowest BCUT2D eigenvalue weighted by atomic mass is 9.98. The highest BCUT2D eigenvalue weighted by molar-refractivity contribution is 5.69. The minimum absolute atomic E-state index is 0.189. The van der Waals surface area contributed by atoms with E-state index in [0.29, 0.717) is 13.2 Å². The van der Waals surface area contributed by atoms with Crippen molar-refractivity contribution in [2.75, 3.05) is 26.3 Å². The number of ether oxygens (including phenoxy) is 7. The molecule has 0 saturated carbocycles. The van der Waals surface area contributed by atoms with Gasteiger partial charge in [-0.2, -0.15) is 0 Å². The lowest BCUT2D eigenvalue weighted by Crippen LogP contribution is -2.63. The molecular formula is C55H93NO12. The third-order valence-corrected chi connectivity index (χ3v) is 12.5. The lowest BCUT2D eigenvalue weighted by molar-refractivity contribution is -0.308. The highest BCUT2D eigenvalue weighted by atomic mass is 16.7. The van der Waals surface area contributed by atoms with Crippen LogP contribution in [0.3, 0.4) is 0 Å². The van der Waals surface area contributed by atoms with E-state index in [1.807, 2.05) is 35.2 Å². The largest absolute Gasteiger partial charge is 0.463 e. The zero-order valence-electron chi connectivity index (χ0n) is 43.2. The van der Waals surface area contributed by atoms with Crippen molar-refractivity contribution < 1.29 is 57.1 Å². The Labute approximate surface area is 411 Å². The molecule has 0 radical (unpaired) electrons. The van der Waals surface area contributed by atoms with Gasteiger partial charge in [0.15, 0.2) is 24.6 Å². The molecule has 0 unspecified atom stereocenters. The number of unbranched alkanes of at least 4 members (excludes halogenated alkanes) is 27. The fourth-order valence-electron chi connectivity index (χ4n) is 8.83. The summed E-state index contributed by atoms with van der Waals surface area (Å²) in [6.45, 7) is 8.96. The summed E-state index contributed by atoms with van der Waals surface area (Å²) < 4.78 is 39.3. The lowest BCUT2D eigenvalue weighted by Gasteiger charge is -2.44. The fraction of sp³-hybridized carbons (Fsp3) is 0.800. The number of nitrogens with zero attached hydrogens (tertiary/aromatic N) is 1. The first-order valence-electron chi connectivity index (χ1n) is 26.9. The molecule has 0 bridgehead atoms. The molecule has 13 nitrogen and oxygen atoms in total. The number of benzene rings is 1. The predicted molar refractivity (Wildman–Crippen MR) is 266 cm³/mol. The van der Waals surface area contributed by atoms with Crippen LogP contribution in [0.25, 0.3) is 0 Å². The molecule has 1 heterocycles. The van der Waals surface area contributed by atoms with Gasteiger partial charge in [0.05, 0.1) is 0 Å². The van der Waals surface area contributed by atoms with Crippen LogP contribution in [0.5, 0.6) is 0 Å². The third-order valence-electron chi connectivity index (χ3n) is 12.5. The molecule has 0 N–H and O–H groups in total.